The van der Waals surface area contributed by atoms with E-state index in [0.717, 1.165) is 10.0 Å². The second-order valence-electron chi connectivity index (χ2n) is 2.45. The van der Waals surface area contributed by atoms with E-state index in [9.17, 15) is 0 Å². The molecule has 74 valence electrons. The molecule has 0 bridgehead atoms. The number of halogens is 3. The van der Waals surface area contributed by atoms with Crippen molar-refractivity contribution in [1.82, 2.24) is 0 Å². The summed E-state index contributed by atoms with van der Waals surface area (Å²) in [6.45, 7) is -0.0692. The van der Waals surface area contributed by atoms with Gasteiger partial charge in [-0.1, -0.05) is 33.6 Å². The molecule has 0 aliphatic carbocycles. The monoisotopic (exact) mass is 285 g/mol. The molecule has 0 spiro atoms. The molecule has 0 saturated carbocycles. The van der Waals surface area contributed by atoms with Gasteiger partial charge in [-0.2, -0.15) is 0 Å². The number of benzene rings is 1. The Morgan fingerprint density at radius 2 is 2.15 bits per heavy atom. The number of hydrogen-bond donors (Lipinski definition) is 2. The highest BCUT2D eigenvalue weighted by molar-refractivity contribution is 9.10. The van der Waals surface area contributed by atoms with Crippen molar-refractivity contribution >= 4 is 39.9 Å². The van der Waals surface area contributed by atoms with Gasteiger partial charge in [0.2, 0.25) is 0 Å². The normalized spacial score (nSPS) is 12.0. The van der Waals surface area contributed by atoms with Crippen molar-refractivity contribution in [3.63, 3.8) is 0 Å². The van der Waals surface area contributed by atoms with E-state index in [4.69, 9.17) is 22.4 Å². The number of nitrogens with two attached hydrogens (primary N) is 1. The van der Waals surface area contributed by atoms with Gasteiger partial charge in [0.25, 0.3) is 0 Å². The Morgan fingerprint density at radius 1 is 1.54 bits per heavy atom. The minimum Gasteiger partial charge on any atom is -0.394 e. The van der Waals surface area contributed by atoms with Crippen LogP contribution in [-0.4, -0.2) is 11.7 Å². The average Bonchev–Trinajstić information content (AvgIpc) is 2.03. The maximum Gasteiger partial charge on any atom is 0.0624 e. The zero-order chi connectivity index (χ0) is 9.14. The lowest BCUT2D eigenvalue weighted by Gasteiger charge is -2.10. The van der Waals surface area contributed by atoms with Gasteiger partial charge in [-0.25, -0.2) is 0 Å². The summed E-state index contributed by atoms with van der Waals surface area (Å²) in [5.41, 5.74) is 6.48. The van der Waals surface area contributed by atoms with Crippen LogP contribution in [0.5, 0.6) is 0 Å². The van der Waals surface area contributed by atoms with Gasteiger partial charge >= 0.3 is 0 Å². The molecule has 1 unspecified atom stereocenters. The van der Waals surface area contributed by atoms with Crippen molar-refractivity contribution in [2.24, 2.45) is 5.73 Å². The van der Waals surface area contributed by atoms with E-state index in [1.807, 2.05) is 0 Å². The Kier molecular flexibility index (Phi) is 5.92. The summed E-state index contributed by atoms with van der Waals surface area (Å²) in [5.74, 6) is 0. The Balaban J connectivity index is 0.00000144. The first-order valence-electron chi connectivity index (χ1n) is 3.46. The van der Waals surface area contributed by atoms with Gasteiger partial charge in [-0.05, 0) is 17.7 Å². The molecular formula is C8H10BrCl2NO. The number of aliphatic hydroxyl groups is 1. The van der Waals surface area contributed by atoms with E-state index in [1.165, 1.54) is 0 Å². The van der Waals surface area contributed by atoms with Gasteiger partial charge in [-0.15, -0.1) is 12.4 Å². The minimum absolute atomic E-state index is 0. The molecular weight excluding hydrogens is 277 g/mol. The first kappa shape index (κ1) is 13.2. The van der Waals surface area contributed by atoms with Crippen LogP contribution >= 0.6 is 39.9 Å². The largest absolute Gasteiger partial charge is 0.394 e. The fraction of sp³-hybridized carbons (Fsp3) is 0.250. The molecule has 0 saturated heterocycles. The summed E-state index contributed by atoms with van der Waals surface area (Å²) in [6, 6.07) is 4.95. The molecule has 0 fully saturated rings. The summed E-state index contributed by atoms with van der Waals surface area (Å²) >= 11 is 9.04. The number of rotatable bonds is 2. The van der Waals surface area contributed by atoms with Gasteiger partial charge in [-0.3, -0.25) is 0 Å². The number of aliphatic hydroxyl groups excluding tert-OH is 1. The molecule has 0 aliphatic rings. The molecule has 3 N–H and O–H groups in total. The maximum atomic E-state index is 8.80. The van der Waals surface area contributed by atoms with Gasteiger partial charge in [0, 0.05) is 9.50 Å². The van der Waals surface area contributed by atoms with Crippen molar-refractivity contribution < 1.29 is 5.11 Å². The van der Waals surface area contributed by atoms with Crippen LogP contribution in [0.25, 0.3) is 0 Å². The van der Waals surface area contributed by atoms with Crippen LogP contribution in [0.15, 0.2) is 22.7 Å². The van der Waals surface area contributed by atoms with Crippen LogP contribution in [0.4, 0.5) is 0 Å². The molecule has 0 radical (unpaired) electrons. The van der Waals surface area contributed by atoms with Crippen molar-refractivity contribution in [3.05, 3.63) is 33.3 Å². The quantitative estimate of drug-likeness (QED) is 0.878. The van der Waals surface area contributed by atoms with Crippen LogP contribution in [0, 0.1) is 0 Å². The van der Waals surface area contributed by atoms with E-state index >= 15 is 0 Å². The van der Waals surface area contributed by atoms with Crippen molar-refractivity contribution in [2.45, 2.75) is 6.04 Å². The van der Waals surface area contributed by atoms with Gasteiger partial charge in [0.15, 0.2) is 0 Å². The topological polar surface area (TPSA) is 46.2 Å². The lowest BCUT2D eigenvalue weighted by molar-refractivity contribution is 0.267. The molecule has 2 nitrogen and oxygen atoms in total. The smallest absolute Gasteiger partial charge is 0.0624 e. The lowest BCUT2D eigenvalue weighted by Crippen LogP contribution is -2.14. The molecule has 0 aliphatic heterocycles. The summed E-state index contributed by atoms with van der Waals surface area (Å²) < 4.78 is 0.830. The standard InChI is InChI=1S/C8H9BrClNO.ClH/c9-7-3-5(10)1-2-6(7)8(11)4-12;/h1-3,8,12H,4,11H2;1H. The van der Waals surface area contributed by atoms with Crippen LogP contribution in [-0.2, 0) is 0 Å². The summed E-state index contributed by atoms with van der Waals surface area (Å²) in [7, 11) is 0. The highest BCUT2D eigenvalue weighted by atomic mass is 79.9. The van der Waals surface area contributed by atoms with Crippen molar-refractivity contribution in [3.8, 4) is 0 Å². The molecule has 13 heavy (non-hydrogen) atoms. The maximum absolute atomic E-state index is 8.80. The molecule has 1 aromatic rings. The van der Waals surface area contributed by atoms with E-state index in [1.54, 1.807) is 18.2 Å². The van der Waals surface area contributed by atoms with Crippen LogP contribution in [0.1, 0.15) is 11.6 Å². The lowest BCUT2D eigenvalue weighted by atomic mass is 10.1. The van der Waals surface area contributed by atoms with E-state index in [-0.39, 0.29) is 25.1 Å². The zero-order valence-electron chi connectivity index (χ0n) is 6.71. The van der Waals surface area contributed by atoms with Gasteiger partial charge in [0.1, 0.15) is 0 Å². The molecule has 0 aromatic heterocycles. The van der Waals surface area contributed by atoms with Crippen LogP contribution < -0.4 is 5.73 Å². The van der Waals surface area contributed by atoms with Gasteiger partial charge < -0.3 is 10.8 Å². The number of hydrogen-bond acceptors (Lipinski definition) is 2. The predicted molar refractivity (Wildman–Crippen MR) is 60.4 cm³/mol. The average molecular weight is 287 g/mol. The van der Waals surface area contributed by atoms with E-state index in [2.05, 4.69) is 15.9 Å². The first-order valence-corrected chi connectivity index (χ1v) is 4.63. The molecule has 0 amide bonds. The van der Waals surface area contributed by atoms with Crippen LogP contribution in [0.2, 0.25) is 5.02 Å². The van der Waals surface area contributed by atoms with Crippen molar-refractivity contribution in [1.29, 1.82) is 0 Å². The fourth-order valence-electron chi connectivity index (χ4n) is 0.901. The molecule has 1 atom stereocenters. The third-order valence-electron chi connectivity index (χ3n) is 1.56. The Bertz CT molecular complexity index is 283. The highest BCUT2D eigenvalue weighted by Crippen LogP contribution is 2.25. The fourth-order valence-corrected chi connectivity index (χ4v) is 1.88. The first-order chi connectivity index (χ1) is 5.65. The summed E-state index contributed by atoms with van der Waals surface area (Å²) in [4.78, 5) is 0. The summed E-state index contributed by atoms with van der Waals surface area (Å²) in [5, 5.41) is 9.45. The third kappa shape index (κ3) is 3.44. The second kappa shape index (κ2) is 5.83. The molecule has 1 aromatic carbocycles. The predicted octanol–water partition coefficient (Wildman–Crippen LogP) is 2.52. The third-order valence-corrected chi connectivity index (χ3v) is 2.48. The minimum atomic E-state index is -0.350. The van der Waals surface area contributed by atoms with Crippen molar-refractivity contribution in [2.75, 3.05) is 6.61 Å². The Hall–Kier alpha value is 0.200. The molecule has 0 heterocycles. The second-order valence-corrected chi connectivity index (χ2v) is 3.75. The van der Waals surface area contributed by atoms with E-state index < -0.39 is 0 Å². The highest BCUT2D eigenvalue weighted by Gasteiger charge is 2.08. The summed E-state index contributed by atoms with van der Waals surface area (Å²) in [6.07, 6.45) is 0. The van der Waals surface area contributed by atoms with Gasteiger partial charge in [0.05, 0.1) is 12.6 Å². The van der Waals surface area contributed by atoms with Crippen LogP contribution in [0.3, 0.4) is 0 Å². The SMILES string of the molecule is Cl.NC(CO)c1ccc(Cl)cc1Br. The molecule has 5 heteroatoms. The Labute approximate surface area is 96.6 Å². The van der Waals surface area contributed by atoms with E-state index in [0.29, 0.717) is 5.02 Å². The zero-order valence-corrected chi connectivity index (χ0v) is 9.86. The Morgan fingerprint density at radius 3 is 2.62 bits per heavy atom. The molecule has 1 rings (SSSR count).